The number of hydrogen-bond acceptors (Lipinski definition) is 4. The van der Waals surface area contributed by atoms with Gasteiger partial charge in [0.2, 0.25) is 10.0 Å². The number of nitrogens with one attached hydrogen (secondary N) is 1. The third-order valence-electron chi connectivity index (χ3n) is 5.06. The van der Waals surface area contributed by atoms with Gasteiger partial charge in [-0.2, -0.15) is 4.31 Å². The van der Waals surface area contributed by atoms with E-state index in [9.17, 15) is 12.8 Å². The molecule has 0 saturated carbocycles. The summed E-state index contributed by atoms with van der Waals surface area (Å²) in [7, 11) is -3.60. The summed E-state index contributed by atoms with van der Waals surface area (Å²) in [6.07, 6.45) is 1.41. The van der Waals surface area contributed by atoms with Gasteiger partial charge in [-0.05, 0) is 51.0 Å². The van der Waals surface area contributed by atoms with Crippen LogP contribution in [0.25, 0.3) is 10.9 Å². The molecule has 1 fully saturated rings. The molecule has 138 valence electrons. The molecule has 0 radical (unpaired) electrons. The number of aryl methyl sites for hydroxylation is 2. The molecule has 1 saturated heterocycles. The second kappa shape index (κ2) is 6.21. The second-order valence-corrected chi connectivity index (χ2v) is 8.66. The molecular weight excluding hydrogens is 357 g/mol. The number of hydrogen-bond donors (Lipinski definition) is 1. The van der Waals surface area contributed by atoms with Gasteiger partial charge in [-0.15, -0.1) is 0 Å². The molecule has 0 atom stereocenters. The largest absolute Gasteiger partial charge is 0.360 e. The van der Waals surface area contributed by atoms with Crippen LogP contribution in [0.1, 0.15) is 35.9 Å². The lowest BCUT2D eigenvalue weighted by Gasteiger charge is -2.30. The van der Waals surface area contributed by atoms with Gasteiger partial charge in [0.15, 0.2) is 5.76 Å². The van der Waals surface area contributed by atoms with Gasteiger partial charge in [0.05, 0.1) is 0 Å². The molecule has 1 aromatic carbocycles. The van der Waals surface area contributed by atoms with E-state index in [4.69, 9.17) is 4.52 Å². The number of H-pyrrole nitrogens is 1. The van der Waals surface area contributed by atoms with E-state index in [1.807, 2.05) is 6.07 Å². The Morgan fingerprint density at radius 3 is 2.62 bits per heavy atom. The van der Waals surface area contributed by atoms with Crippen LogP contribution in [0.5, 0.6) is 0 Å². The molecule has 3 heterocycles. The smallest absolute Gasteiger partial charge is 0.248 e. The fourth-order valence-electron chi connectivity index (χ4n) is 3.73. The van der Waals surface area contributed by atoms with Crippen molar-refractivity contribution in [1.82, 2.24) is 14.4 Å². The first-order valence-corrected chi connectivity index (χ1v) is 10.0. The van der Waals surface area contributed by atoms with Crippen LogP contribution in [-0.4, -0.2) is 36.0 Å². The quantitative estimate of drug-likeness (QED) is 0.758. The summed E-state index contributed by atoms with van der Waals surface area (Å²) < 4.78 is 45.7. The molecule has 4 rings (SSSR count). The highest BCUT2D eigenvalue weighted by atomic mass is 32.2. The Kier molecular flexibility index (Phi) is 4.11. The maximum atomic E-state index is 13.4. The van der Waals surface area contributed by atoms with E-state index in [0.717, 1.165) is 16.6 Å². The number of halogens is 1. The highest BCUT2D eigenvalue weighted by Gasteiger charge is 2.34. The fraction of sp³-hybridized carbons (Fsp3) is 0.389. The molecule has 6 nitrogen and oxygen atoms in total. The van der Waals surface area contributed by atoms with E-state index in [-0.39, 0.29) is 16.6 Å². The van der Waals surface area contributed by atoms with E-state index in [1.54, 1.807) is 19.9 Å². The lowest BCUT2D eigenvalue weighted by atomic mass is 9.95. The van der Waals surface area contributed by atoms with E-state index < -0.39 is 10.0 Å². The highest BCUT2D eigenvalue weighted by Crippen LogP contribution is 2.33. The highest BCUT2D eigenvalue weighted by molar-refractivity contribution is 7.89. The number of sulfonamides is 1. The lowest BCUT2D eigenvalue weighted by Crippen LogP contribution is -2.38. The van der Waals surface area contributed by atoms with Gasteiger partial charge in [-0.3, -0.25) is 0 Å². The maximum absolute atomic E-state index is 13.4. The number of piperidine rings is 1. The lowest BCUT2D eigenvalue weighted by molar-refractivity contribution is 0.316. The summed E-state index contributed by atoms with van der Waals surface area (Å²) >= 11 is 0. The molecule has 0 unspecified atom stereocenters. The molecular formula is C18H20FN3O3S. The van der Waals surface area contributed by atoms with E-state index in [2.05, 4.69) is 10.1 Å². The first-order valence-electron chi connectivity index (χ1n) is 8.57. The van der Waals surface area contributed by atoms with Crippen LogP contribution in [0.4, 0.5) is 4.39 Å². The number of benzene rings is 1. The van der Waals surface area contributed by atoms with Crippen LogP contribution in [-0.2, 0) is 10.0 Å². The van der Waals surface area contributed by atoms with Crippen LogP contribution < -0.4 is 0 Å². The Labute approximate surface area is 151 Å². The number of rotatable bonds is 3. The van der Waals surface area contributed by atoms with Crippen molar-refractivity contribution in [2.24, 2.45) is 0 Å². The van der Waals surface area contributed by atoms with Gasteiger partial charge in [-0.1, -0.05) is 5.16 Å². The first-order chi connectivity index (χ1) is 12.4. The average Bonchev–Trinajstić information content (AvgIpc) is 3.18. The van der Waals surface area contributed by atoms with E-state index in [0.29, 0.717) is 37.4 Å². The topological polar surface area (TPSA) is 79.2 Å². The summed E-state index contributed by atoms with van der Waals surface area (Å²) in [6, 6.07) is 6.63. The molecule has 0 bridgehead atoms. The molecule has 1 aliphatic rings. The Morgan fingerprint density at radius 1 is 1.23 bits per heavy atom. The minimum absolute atomic E-state index is 0.178. The van der Waals surface area contributed by atoms with Crippen LogP contribution in [0.2, 0.25) is 0 Å². The summed E-state index contributed by atoms with van der Waals surface area (Å²) in [5.41, 5.74) is 2.31. The van der Waals surface area contributed by atoms with Crippen molar-refractivity contribution >= 4 is 20.9 Å². The zero-order valence-corrected chi connectivity index (χ0v) is 15.4. The number of aromatic nitrogens is 2. The van der Waals surface area contributed by atoms with Crippen molar-refractivity contribution < 1.29 is 17.3 Å². The maximum Gasteiger partial charge on any atom is 0.248 e. The van der Waals surface area contributed by atoms with Crippen molar-refractivity contribution in [1.29, 1.82) is 0 Å². The van der Waals surface area contributed by atoms with Gasteiger partial charge in [0, 0.05) is 35.6 Å². The molecule has 8 heteroatoms. The van der Waals surface area contributed by atoms with Crippen LogP contribution in [0.15, 0.2) is 33.7 Å². The minimum Gasteiger partial charge on any atom is -0.360 e. The van der Waals surface area contributed by atoms with Crippen molar-refractivity contribution in [3.8, 4) is 0 Å². The predicted molar refractivity (Wildman–Crippen MR) is 95.0 cm³/mol. The van der Waals surface area contributed by atoms with Crippen molar-refractivity contribution in [3.63, 3.8) is 0 Å². The third-order valence-corrected chi connectivity index (χ3v) is 7.21. The Balaban J connectivity index is 1.53. The minimum atomic E-state index is -3.60. The van der Waals surface area contributed by atoms with Crippen LogP contribution in [0, 0.1) is 19.7 Å². The SMILES string of the molecule is Cc1noc(C)c1S(=O)(=O)N1CCC(c2cc3cc(F)ccc3[nH]2)CC1. The van der Waals surface area contributed by atoms with Crippen molar-refractivity contribution in [3.05, 3.63) is 47.2 Å². The molecule has 0 amide bonds. The molecule has 0 aliphatic carbocycles. The van der Waals surface area contributed by atoms with E-state index in [1.165, 1.54) is 16.4 Å². The summed E-state index contributed by atoms with van der Waals surface area (Å²) in [5.74, 6) is 0.285. The molecule has 3 aromatic rings. The van der Waals surface area contributed by atoms with Gasteiger partial charge in [-0.25, -0.2) is 12.8 Å². The predicted octanol–water partition coefficient (Wildman–Crippen LogP) is 3.48. The summed E-state index contributed by atoms with van der Waals surface area (Å²) in [6.45, 7) is 4.12. The zero-order valence-electron chi connectivity index (χ0n) is 14.6. The fourth-order valence-corrected chi connectivity index (χ4v) is 5.49. The molecule has 2 aromatic heterocycles. The Hall–Kier alpha value is -2.19. The second-order valence-electron chi connectivity index (χ2n) is 6.79. The van der Waals surface area contributed by atoms with Crippen LogP contribution in [0.3, 0.4) is 0 Å². The average molecular weight is 377 g/mol. The first kappa shape index (κ1) is 17.2. The van der Waals surface area contributed by atoms with Gasteiger partial charge in [0.25, 0.3) is 0 Å². The van der Waals surface area contributed by atoms with Crippen molar-refractivity contribution in [2.75, 3.05) is 13.1 Å². The number of aromatic amines is 1. The molecule has 1 N–H and O–H groups in total. The Bertz CT molecular complexity index is 1040. The summed E-state index contributed by atoms with van der Waals surface area (Å²) in [4.78, 5) is 3.51. The molecule has 0 spiro atoms. The van der Waals surface area contributed by atoms with Crippen molar-refractivity contribution in [2.45, 2.75) is 37.5 Å². The number of fused-ring (bicyclic) bond motifs is 1. The third kappa shape index (κ3) is 2.83. The molecule has 26 heavy (non-hydrogen) atoms. The normalized spacial score (nSPS) is 17.2. The van der Waals surface area contributed by atoms with Gasteiger partial charge >= 0.3 is 0 Å². The van der Waals surface area contributed by atoms with E-state index >= 15 is 0 Å². The Morgan fingerprint density at radius 2 is 1.96 bits per heavy atom. The van der Waals surface area contributed by atoms with Gasteiger partial charge in [0.1, 0.15) is 16.4 Å². The zero-order chi connectivity index (χ0) is 18.5. The standard InChI is InChI=1S/C18H20FN3O3S/c1-11-18(12(2)25-21-11)26(23,24)22-7-5-13(6-8-22)17-10-14-9-15(19)3-4-16(14)20-17/h3-4,9-10,13,20H,5-8H2,1-2H3. The number of nitrogens with zero attached hydrogens (tertiary/aromatic N) is 2. The molecule has 1 aliphatic heterocycles. The van der Waals surface area contributed by atoms with Gasteiger partial charge < -0.3 is 9.51 Å². The summed E-state index contributed by atoms with van der Waals surface area (Å²) in [5, 5.41) is 4.59. The monoisotopic (exact) mass is 377 g/mol. The van der Waals surface area contributed by atoms with Crippen LogP contribution >= 0.6 is 0 Å².